The van der Waals surface area contributed by atoms with E-state index in [-0.39, 0.29) is 12.3 Å². The van der Waals surface area contributed by atoms with Gasteiger partial charge in [-0.25, -0.2) is 13.9 Å². The van der Waals surface area contributed by atoms with Gasteiger partial charge in [0.15, 0.2) is 0 Å². The van der Waals surface area contributed by atoms with Gasteiger partial charge in [-0.2, -0.15) is 13.2 Å². The first-order valence-electron chi connectivity index (χ1n) is 10.0. The number of nitrogens with zero attached hydrogens (tertiary/aromatic N) is 5. The molecule has 0 spiro atoms. The Balaban J connectivity index is 1.65. The second kappa shape index (κ2) is 8.01. The second-order valence-electron chi connectivity index (χ2n) is 7.40. The second-order valence-corrected chi connectivity index (χ2v) is 7.40. The van der Waals surface area contributed by atoms with Crippen molar-refractivity contribution in [1.29, 1.82) is 0 Å². The first-order chi connectivity index (χ1) is 15.9. The Kier molecular flexibility index (Phi) is 5.01. The van der Waals surface area contributed by atoms with Crippen LogP contribution in [-0.2, 0) is 12.7 Å². The highest BCUT2D eigenvalue weighted by molar-refractivity contribution is 5.78. The number of rotatable bonds is 4. The summed E-state index contributed by atoms with van der Waals surface area (Å²) in [5, 5.41) is 12.8. The molecular weight excluding hydrogens is 431 g/mol. The molecule has 2 heterocycles. The number of hydrogen-bond acceptors (Lipinski definition) is 4. The summed E-state index contributed by atoms with van der Waals surface area (Å²) in [5.41, 5.74) is 1.89. The quantitative estimate of drug-likeness (QED) is 0.401. The average Bonchev–Trinajstić information content (AvgIpc) is 3.14. The van der Waals surface area contributed by atoms with E-state index in [0.717, 1.165) is 23.3 Å². The minimum atomic E-state index is -4.42. The van der Waals surface area contributed by atoms with Crippen LogP contribution in [0.25, 0.3) is 28.3 Å². The van der Waals surface area contributed by atoms with E-state index >= 15 is 0 Å². The molecule has 2 aromatic heterocycles. The monoisotopic (exact) mass is 447 g/mol. The fraction of sp³-hybridized carbons (Fsp3) is 0.0833. The third-order valence-electron chi connectivity index (χ3n) is 5.22. The van der Waals surface area contributed by atoms with Crippen LogP contribution in [0.1, 0.15) is 11.1 Å². The number of fused-ring (bicyclic) bond motifs is 1. The van der Waals surface area contributed by atoms with E-state index < -0.39 is 17.4 Å². The molecule has 0 aliphatic carbocycles. The standard InChI is InChI=1S/C24H16F3N5O/c25-24(26,27)19-13-11-16(12-14-19)15-31-23(33)32-21(18-9-5-2-6-10-18)20(28-29-22(32)30-31)17-7-3-1-4-8-17/h1-14H,15H2. The van der Waals surface area contributed by atoms with E-state index in [4.69, 9.17) is 0 Å². The maximum atomic E-state index is 13.4. The predicted octanol–water partition coefficient (Wildman–Crippen LogP) is 4.69. The van der Waals surface area contributed by atoms with E-state index in [0.29, 0.717) is 17.0 Å². The lowest BCUT2D eigenvalue weighted by Crippen LogP contribution is -2.23. The lowest BCUT2D eigenvalue weighted by atomic mass is 10.0. The predicted molar refractivity (Wildman–Crippen MR) is 116 cm³/mol. The molecule has 5 aromatic rings. The lowest BCUT2D eigenvalue weighted by Gasteiger charge is -2.09. The van der Waals surface area contributed by atoms with Gasteiger partial charge in [0.2, 0.25) is 0 Å². The molecule has 9 heteroatoms. The van der Waals surface area contributed by atoms with E-state index in [1.54, 1.807) is 0 Å². The molecular formula is C24H16F3N5O. The Hall–Kier alpha value is -4.27. The summed E-state index contributed by atoms with van der Waals surface area (Å²) < 4.78 is 41.1. The average molecular weight is 447 g/mol. The molecule has 0 saturated heterocycles. The van der Waals surface area contributed by atoms with E-state index in [1.807, 2.05) is 60.7 Å². The van der Waals surface area contributed by atoms with Crippen molar-refractivity contribution < 1.29 is 13.2 Å². The van der Waals surface area contributed by atoms with Gasteiger partial charge in [-0.3, -0.25) is 0 Å². The summed E-state index contributed by atoms with van der Waals surface area (Å²) in [6, 6.07) is 23.3. The normalized spacial score (nSPS) is 11.7. The molecule has 164 valence electrons. The van der Waals surface area contributed by atoms with Crippen molar-refractivity contribution in [3.05, 3.63) is 107 Å². The highest BCUT2D eigenvalue weighted by atomic mass is 19.4. The van der Waals surface area contributed by atoms with Crippen LogP contribution >= 0.6 is 0 Å². The summed E-state index contributed by atoms with van der Waals surface area (Å²) in [7, 11) is 0. The Morgan fingerprint density at radius 1 is 0.758 bits per heavy atom. The maximum Gasteiger partial charge on any atom is 0.416 e. The van der Waals surface area contributed by atoms with Gasteiger partial charge in [0.25, 0.3) is 5.78 Å². The summed E-state index contributed by atoms with van der Waals surface area (Å²) in [6.07, 6.45) is -4.42. The Labute approximate surface area is 185 Å². The summed E-state index contributed by atoms with van der Waals surface area (Å²) in [4.78, 5) is 13.4. The number of alkyl halides is 3. The third kappa shape index (κ3) is 3.89. The van der Waals surface area contributed by atoms with Gasteiger partial charge in [-0.05, 0) is 17.7 Å². The summed E-state index contributed by atoms with van der Waals surface area (Å²) in [6.45, 7) is -0.00473. The number of hydrogen-bond donors (Lipinski definition) is 0. The van der Waals surface area contributed by atoms with Gasteiger partial charge in [-0.1, -0.05) is 72.8 Å². The van der Waals surface area contributed by atoms with E-state index in [9.17, 15) is 18.0 Å². The van der Waals surface area contributed by atoms with Crippen LogP contribution in [0.2, 0.25) is 0 Å². The largest absolute Gasteiger partial charge is 0.416 e. The van der Waals surface area contributed by atoms with Crippen LogP contribution in [0.5, 0.6) is 0 Å². The van der Waals surface area contributed by atoms with Gasteiger partial charge in [0, 0.05) is 11.1 Å². The van der Waals surface area contributed by atoms with Crippen LogP contribution in [0.15, 0.2) is 89.7 Å². The molecule has 3 aromatic carbocycles. The molecule has 33 heavy (non-hydrogen) atoms. The number of halogens is 3. The molecule has 0 saturated carbocycles. The molecule has 0 N–H and O–H groups in total. The zero-order valence-electron chi connectivity index (χ0n) is 17.1. The molecule has 0 atom stereocenters. The molecule has 0 amide bonds. The first kappa shape index (κ1) is 20.6. The molecule has 5 rings (SSSR count). The zero-order valence-corrected chi connectivity index (χ0v) is 17.1. The Bertz CT molecular complexity index is 1470. The topological polar surface area (TPSA) is 65.1 Å². The molecule has 0 unspecified atom stereocenters. The number of aromatic nitrogens is 5. The SMILES string of the molecule is O=c1n(Cc2ccc(C(F)(F)F)cc2)nc2nnc(-c3ccccc3)c(-c3ccccc3)n12. The molecule has 0 aliphatic heterocycles. The van der Waals surface area contributed by atoms with Crippen molar-refractivity contribution in [2.45, 2.75) is 12.7 Å². The molecule has 0 fully saturated rings. The van der Waals surface area contributed by atoms with Crippen molar-refractivity contribution in [2.24, 2.45) is 0 Å². The van der Waals surface area contributed by atoms with Gasteiger partial charge in [0.1, 0.15) is 5.69 Å². The van der Waals surface area contributed by atoms with E-state index in [1.165, 1.54) is 21.2 Å². The number of benzene rings is 3. The van der Waals surface area contributed by atoms with Crippen molar-refractivity contribution in [3.8, 4) is 22.5 Å². The lowest BCUT2D eigenvalue weighted by molar-refractivity contribution is -0.137. The highest BCUT2D eigenvalue weighted by Gasteiger charge is 2.30. The molecule has 6 nitrogen and oxygen atoms in total. The van der Waals surface area contributed by atoms with Gasteiger partial charge >= 0.3 is 11.9 Å². The van der Waals surface area contributed by atoms with Crippen molar-refractivity contribution in [2.75, 3.05) is 0 Å². The smallest absolute Gasteiger partial charge is 0.245 e. The Morgan fingerprint density at radius 2 is 1.36 bits per heavy atom. The fourth-order valence-electron chi connectivity index (χ4n) is 3.63. The zero-order chi connectivity index (χ0) is 23.0. The van der Waals surface area contributed by atoms with Crippen LogP contribution in [0, 0.1) is 0 Å². The van der Waals surface area contributed by atoms with Gasteiger partial charge in [0.05, 0.1) is 17.8 Å². The van der Waals surface area contributed by atoms with Crippen molar-refractivity contribution in [1.82, 2.24) is 24.4 Å². The summed E-state index contributed by atoms with van der Waals surface area (Å²) >= 11 is 0. The Morgan fingerprint density at radius 3 is 1.97 bits per heavy atom. The highest BCUT2D eigenvalue weighted by Crippen LogP contribution is 2.30. The summed E-state index contributed by atoms with van der Waals surface area (Å²) in [5.74, 6) is 0.102. The van der Waals surface area contributed by atoms with Crippen LogP contribution in [-0.4, -0.2) is 24.4 Å². The molecule has 0 aliphatic rings. The van der Waals surface area contributed by atoms with Gasteiger partial charge < -0.3 is 0 Å². The molecule has 0 radical (unpaired) electrons. The third-order valence-corrected chi connectivity index (χ3v) is 5.22. The van der Waals surface area contributed by atoms with Crippen LogP contribution in [0.4, 0.5) is 13.2 Å². The van der Waals surface area contributed by atoms with Crippen LogP contribution < -0.4 is 5.69 Å². The van der Waals surface area contributed by atoms with Gasteiger partial charge in [-0.15, -0.1) is 15.3 Å². The van der Waals surface area contributed by atoms with Crippen molar-refractivity contribution >= 4 is 5.78 Å². The van der Waals surface area contributed by atoms with E-state index in [2.05, 4.69) is 15.3 Å². The van der Waals surface area contributed by atoms with Crippen LogP contribution in [0.3, 0.4) is 0 Å². The van der Waals surface area contributed by atoms with Crippen molar-refractivity contribution in [3.63, 3.8) is 0 Å². The first-order valence-corrected chi connectivity index (χ1v) is 10.0. The minimum absolute atomic E-state index is 0.00473. The maximum absolute atomic E-state index is 13.4. The fourth-order valence-corrected chi connectivity index (χ4v) is 3.63. The minimum Gasteiger partial charge on any atom is -0.245 e. The molecule has 0 bridgehead atoms.